The Morgan fingerprint density at radius 3 is 2.94 bits per heavy atom. The fraction of sp³-hybridized carbons (Fsp3) is 0.167. The second-order valence-electron chi connectivity index (χ2n) is 3.39. The van der Waals surface area contributed by atoms with Crippen LogP contribution in [-0.2, 0) is 0 Å². The molecule has 0 aliphatic heterocycles. The molecule has 0 unspecified atom stereocenters. The minimum atomic E-state index is 0.346. The van der Waals surface area contributed by atoms with E-state index in [1.165, 1.54) is 0 Å². The number of ether oxygens (including phenoxy) is 1. The van der Waals surface area contributed by atoms with Crippen LogP contribution >= 0.6 is 12.2 Å². The van der Waals surface area contributed by atoms with Crippen LogP contribution in [0.4, 0.5) is 0 Å². The van der Waals surface area contributed by atoms with Crippen molar-refractivity contribution in [2.24, 2.45) is 5.73 Å². The van der Waals surface area contributed by atoms with E-state index in [1.54, 1.807) is 0 Å². The first-order valence-corrected chi connectivity index (χ1v) is 5.70. The summed E-state index contributed by atoms with van der Waals surface area (Å²) in [6.45, 7) is 2.51. The van der Waals surface area contributed by atoms with E-state index in [0.29, 0.717) is 17.5 Å². The monoisotopic (exact) mass is 247 g/mol. The number of aromatic nitrogens is 2. The summed E-state index contributed by atoms with van der Waals surface area (Å²) in [6.07, 6.45) is 1.87. The summed E-state index contributed by atoms with van der Waals surface area (Å²) in [5.41, 5.74) is 6.41. The second kappa shape index (κ2) is 4.97. The maximum absolute atomic E-state index is 5.64. The van der Waals surface area contributed by atoms with Gasteiger partial charge in [0.1, 0.15) is 10.8 Å². The Morgan fingerprint density at radius 1 is 1.41 bits per heavy atom. The van der Waals surface area contributed by atoms with E-state index in [2.05, 4.69) is 4.98 Å². The summed E-state index contributed by atoms with van der Waals surface area (Å²) in [7, 11) is 0. The second-order valence-corrected chi connectivity index (χ2v) is 3.83. The van der Waals surface area contributed by atoms with Gasteiger partial charge in [-0.1, -0.05) is 18.3 Å². The van der Waals surface area contributed by atoms with E-state index in [9.17, 15) is 0 Å². The zero-order chi connectivity index (χ0) is 12.3. The van der Waals surface area contributed by atoms with Crippen molar-refractivity contribution in [1.82, 2.24) is 9.55 Å². The normalized spacial score (nSPS) is 10.2. The molecule has 2 aromatic heterocycles. The van der Waals surface area contributed by atoms with Gasteiger partial charge in [-0.05, 0) is 25.1 Å². The van der Waals surface area contributed by atoms with Crippen LogP contribution in [0.1, 0.15) is 12.6 Å². The van der Waals surface area contributed by atoms with E-state index in [4.69, 9.17) is 22.7 Å². The molecule has 0 atom stereocenters. The molecule has 0 aliphatic rings. The highest BCUT2D eigenvalue weighted by Crippen LogP contribution is 2.14. The molecule has 2 rings (SSSR count). The van der Waals surface area contributed by atoms with E-state index in [0.717, 1.165) is 11.5 Å². The lowest BCUT2D eigenvalue weighted by Crippen LogP contribution is -2.15. The molecule has 0 radical (unpaired) electrons. The predicted molar refractivity (Wildman–Crippen MR) is 70.6 cm³/mol. The Bertz CT molecular complexity index is 536. The maximum atomic E-state index is 5.64. The zero-order valence-corrected chi connectivity index (χ0v) is 10.3. The van der Waals surface area contributed by atoms with Gasteiger partial charge >= 0.3 is 0 Å². The molecule has 17 heavy (non-hydrogen) atoms. The summed E-state index contributed by atoms with van der Waals surface area (Å²) >= 11 is 4.99. The summed E-state index contributed by atoms with van der Waals surface area (Å²) in [4.78, 5) is 4.72. The molecule has 0 saturated carbocycles. The highest BCUT2D eigenvalue weighted by molar-refractivity contribution is 7.80. The molecule has 2 heterocycles. The van der Waals surface area contributed by atoms with Crippen molar-refractivity contribution in [2.45, 2.75) is 6.92 Å². The van der Waals surface area contributed by atoms with Crippen LogP contribution in [0.25, 0.3) is 5.82 Å². The molecule has 0 bridgehead atoms. The van der Waals surface area contributed by atoms with Crippen LogP contribution < -0.4 is 10.5 Å². The van der Waals surface area contributed by atoms with Gasteiger partial charge in [0, 0.05) is 12.3 Å². The van der Waals surface area contributed by atoms with Crippen molar-refractivity contribution in [1.29, 1.82) is 0 Å². The van der Waals surface area contributed by atoms with Crippen molar-refractivity contribution in [3.63, 3.8) is 0 Å². The molecule has 0 fully saturated rings. The molecule has 88 valence electrons. The first-order chi connectivity index (χ1) is 8.22. The molecular formula is C12H13N3OS. The van der Waals surface area contributed by atoms with Gasteiger partial charge in [-0.2, -0.15) is 4.98 Å². The van der Waals surface area contributed by atoms with E-state index >= 15 is 0 Å². The zero-order valence-electron chi connectivity index (χ0n) is 9.46. The minimum absolute atomic E-state index is 0.346. The SMILES string of the molecule is CCOc1cccc(-n2cccc2C(N)=S)n1. The maximum Gasteiger partial charge on any atom is 0.215 e. The van der Waals surface area contributed by atoms with Gasteiger partial charge in [-0.3, -0.25) is 4.57 Å². The average molecular weight is 247 g/mol. The van der Waals surface area contributed by atoms with Crippen LogP contribution in [0.3, 0.4) is 0 Å². The Kier molecular flexibility index (Phi) is 3.39. The Hall–Kier alpha value is -1.88. The van der Waals surface area contributed by atoms with Crippen LogP contribution in [-0.4, -0.2) is 21.1 Å². The van der Waals surface area contributed by atoms with Gasteiger partial charge in [0.2, 0.25) is 5.88 Å². The Morgan fingerprint density at radius 2 is 2.24 bits per heavy atom. The molecule has 2 N–H and O–H groups in total. The highest BCUT2D eigenvalue weighted by atomic mass is 32.1. The molecule has 0 saturated heterocycles. The van der Waals surface area contributed by atoms with Gasteiger partial charge in [0.25, 0.3) is 0 Å². The van der Waals surface area contributed by atoms with E-state index in [1.807, 2.05) is 48.0 Å². The third-order valence-corrected chi connectivity index (χ3v) is 2.46. The Labute approximate surface area is 105 Å². The number of pyridine rings is 1. The molecule has 0 aliphatic carbocycles. The third kappa shape index (κ3) is 2.45. The topological polar surface area (TPSA) is 53.1 Å². The molecule has 0 amide bonds. The van der Waals surface area contributed by atoms with E-state index in [-0.39, 0.29) is 0 Å². The predicted octanol–water partition coefficient (Wildman–Crippen LogP) is 1.91. The number of hydrogen-bond acceptors (Lipinski definition) is 3. The summed E-state index contributed by atoms with van der Waals surface area (Å²) in [6, 6.07) is 9.32. The molecule has 0 aromatic carbocycles. The smallest absolute Gasteiger partial charge is 0.215 e. The minimum Gasteiger partial charge on any atom is -0.478 e. The third-order valence-electron chi connectivity index (χ3n) is 2.25. The van der Waals surface area contributed by atoms with Gasteiger partial charge in [-0.15, -0.1) is 0 Å². The molecule has 5 heteroatoms. The number of nitrogens with zero attached hydrogens (tertiary/aromatic N) is 2. The van der Waals surface area contributed by atoms with E-state index < -0.39 is 0 Å². The quantitative estimate of drug-likeness (QED) is 0.838. The van der Waals surface area contributed by atoms with Gasteiger partial charge in [0.15, 0.2) is 0 Å². The lowest BCUT2D eigenvalue weighted by atomic mass is 10.4. The average Bonchev–Trinajstić information content (AvgIpc) is 2.79. The van der Waals surface area contributed by atoms with Crippen molar-refractivity contribution in [3.05, 3.63) is 42.2 Å². The molecule has 4 nitrogen and oxygen atoms in total. The molecular weight excluding hydrogens is 234 g/mol. The van der Waals surface area contributed by atoms with Gasteiger partial charge in [-0.25, -0.2) is 0 Å². The van der Waals surface area contributed by atoms with Crippen LogP contribution in [0.5, 0.6) is 5.88 Å². The van der Waals surface area contributed by atoms with Crippen LogP contribution in [0, 0.1) is 0 Å². The van der Waals surface area contributed by atoms with Crippen molar-refractivity contribution >= 4 is 17.2 Å². The molecule has 2 aromatic rings. The first kappa shape index (κ1) is 11.6. The highest BCUT2D eigenvalue weighted by Gasteiger charge is 2.07. The number of rotatable bonds is 4. The van der Waals surface area contributed by atoms with Crippen LogP contribution in [0.15, 0.2) is 36.5 Å². The largest absolute Gasteiger partial charge is 0.478 e. The lowest BCUT2D eigenvalue weighted by molar-refractivity contribution is 0.326. The van der Waals surface area contributed by atoms with Crippen molar-refractivity contribution < 1.29 is 4.74 Å². The van der Waals surface area contributed by atoms with Crippen molar-refractivity contribution in [3.8, 4) is 11.7 Å². The van der Waals surface area contributed by atoms with Gasteiger partial charge < -0.3 is 10.5 Å². The molecule has 0 spiro atoms. The fourth-order valence-corrected chi connectivity index (χ4v) is 1.71. The number of thiocarbonyl (C=S) groups is 1. The number of hydrogen-bond donors (Lipinski definition) is 1. The van der Waals surface area contributed by atoms with Crippen molar-refractivity contribution in [2.75, 3.05) is 6.61 Å². The summed E-state index contributed by atoms with van der Waals surface area (Å²) in [5.74, 6) is 1.33. The fourth-order valence-electron chi connectivity index (χ4n) is 1.55. The standard InChI is InChI=1S/C12H13N3OS/c1-2-16-11-7-3-6-10(14-11)15-8-4-5-9(15)12(13)17/h3-8H,2H2,1H3,(H2,13,17). The first-order valence-electron chi connectivity index (χ1n) is 5.29. The lowest BCUT2D eigenvalue weighted by Gasteiger charge is -2.08. The number of nitrogens with two attached hydrogens (primary N) is 1. The van der Waals surface area contributed by atoms with Gasteiger partial charge in [0.05, 0.1) is 12.3 Å². The summed E-state index contributed by atoms with van der Waals surface area (Å²) < 4.78 is 7.19. The van der Waals surface area contributed by atoms with Crippen LogP contribution in [0.2, 0.25) is 0 Å². The Balaban J connectivity index is 2.42. The summed E-state index contributed by atoms with van der Waals surface area (Å²) in [5, 5.41) is 0.